The summed E-state index contributed by atoms with van der Waals surface area (Å²) in [5.41, 5.74) is 5.45. The Balaban J connectivity index is 1.52. The summed E-state index contributed by atoms with van der Waals surface area (Å²) in [5.74, 6) is -0.0755. The minimum Gasteiger partial charge on any atom is -0.326 e. The lowest BCUT2D eigenvalue weighted by molar-refractivity contribution is -0.115. The van der Waals surface area contributed by atoms with E-state index in [0.29, 0.717) is 0 Å². The highest BCUT2D eigenvalue weighted by atomic mass is 16.1. The first kappa shape index (κ1) is 16.8. The second-order valence-corrected chi connectivity index (χ2v) is 6.34. The van der Waals surface area contributed by atoms with Gasteiger partial charge in [0.15, 0.2) is 0 Å². The fourth-order valence-electron chi connectivity index (χ4n) is 3.17. The van der Waals surface area contributed by atoms with Crippen LogP contribution in [0.4, 0.5) is 5.69 Å². The van der Waals surface area contributed by atoms with Crippen LogP contribution in [0.15, 0.2) is 54.9 Å². The van der Waals surface area contributed by atoms with E-state index in [1.807, 2.05) is 62.4 Å². The first-order valence-corrected chi connectivity index (χ1v) is 8.60. The van der Waals surface area contributed by atoms with Crippen LogP contribution in [0, 0.1) is 13.8 Å². The number of para-hydroxylation sites is 1. The smallest absolute Gasteiger partial charge is 0.228 e. The van der Waals surface area contributed by atoms with E-state index < -0.39 is 0 Å². The Morgan fingerprint density at radius 2 is 1.85 bits per heavy atom. The number of aryl methyl sites for hydroxylation is 2. The normalized spacial score (nSPS) is 10.9. The van der Waals surface area contributed by atoms with E-state index >= 15 is 0 Å². The Morgan fingerprint density at radius 1 is 1.07 bits per heavy atom. The Labute approximate surface area is 156 Å². The molecule has 0 aliphatic rings. The number of hydrogen-bond acceptors (Lipinski definition) is 5. The molecular weight excluding hydrogens is 340 g/mol. The molecule has 0 atom stereocenters. The fraction of sp³-hybridized carbons (Fsp3) is 0.150. The quantitative estimate of drug-likeness (QED) is 0.606. The van der Waals surface area contributed by atoms with Crippen molar-refractivity contribution >= 4 is 22.5 Å². The van der Waals surface area contributed by atoms with E-state index in [1.54, 1.807) is 4.68 Å². The van der Waals surface area contributed by atoms with Crippen molar-refractivity contribution in [1.29, 1.82) is 0 Å². The number of benzene rings is 2. The predicted molar refractivity (Wildman–Crippen MR) is 103 cm³/mol. The lowest BCUT2D eigenvalue weighted by atomic mass is 9.99. The van der Waals surface area contributed by atoms with Gasteiger partial charge in [-0.2, -0.15) is 0 Å². The van der Waals surface area contributed by atoms with E-state index in [9.17, 15) is 4.79 Å². The molecule has 0 bridgehead atoms. The lowest BCUT2D eigenvalue weighted by Gasteiger charge is -2.13. The summed E-state index contributed by atoms with van der Waals surface area (Å²) in [7, 11) is 0. The van der Waals surface area contributed by atoms with Crippen LogP contribution in [0.2, 0.25) is 0 Å². The number of aromatic nitrogens is 5. The van der Waals surface area contributed by atoms with Gasteiger partial charge in [0.2, 0.25) is 5.91 Å². The molecule has 2 heterocycles. The van der Waals surface area contributed by atoms with Gasteiger partial charge in [0.25, 0.3) is 0 Å². The number of tetrazole rings is 1. The number of amides is 1. The van der Waals surface area contributed by atoms with Gasteiger partial charge in [-0.05, 0) is 65.7 Å². The summed E-state index contributed by atoms with van der Waals surface area (Å²) < 4.78 is 1.55. The highest BCUT2D eigenvalue weighted by molar-refractivity contribution is 5.94. The molecule has 4 aromatic rings. The highest BCUT2D eigenvalue weighted by Gasteiger charge is 2.13. The van der Waals surface area contributed by atoms with Crippen LogP contribution in [-0.4, -0.2) is 31.1 Å². The number of pyridine rings is 1. The minimum atomic E-state index is -0.0755. The molecule has 7 nitrogen and oxygen atoms in total. The van der Waals surface area contributed by atoms with Crippen molar-refractivity contribution < 1.29 is 4.79 Å². The van der Waals surface area contributed by atoms with E-state index in [2.05, 4.69) is 25.8 Å². The summed E-state index contributed by atoms with van der Waals surface area (Å²) in [5, 5.41) is 15.1. The summed E-state index contributed by atoms with van der Waals surface area (Å²) in [4.78, 5) is 17.2. The molecule has 7 heteroatoms. The van der Waals surface area contributed by atoms with Gasteiger partial charge in [-0.25, -0.2) is 4.68 Å². The number of nitrogens with one attached hydrogen (secondary N) is 1. The van der Waals surface area contributed by atoms with Crippen LogP contribution < -0.4 is 5.32 Å². The Morgan fingerprint density at radius 3 is 2.59 bits per heavy atom. The zero-order valence-electron chi connectivity index (χ0n) is 15.0. The molecule has 0 aliphatic heterocycles. The van der Waals surface area contributed by atoms with Crippen molar-refractivity contribution in [2.24, 2.45) is 0 Å². The maximum atomic E-state index is 12.6. The Hall–Kier alpha value is -3.61. The van der Waals surface area contributed by atoms with Crippen LogP contribution in [0.3, 0.4) is 0 Å². The molecule has 2 aromatic heterocycles. The van der Waals surface area contributed by atoms with Crippen molar-refractivity contribution in [2.75, 3.05) is 5.32 Å². The van der Waals surface area contributed by atoms with Gasteiger partial charge >= 0.3 is 0 Å². The molecule has 0 aliphatic carbocycles. The molecule has 0 spiro atoms. The fourth-order valence-corrected chi connectivity index (χ4v) is 3.17. The number of nitrogens with zero attached hydrogens (tertiary/aromatic N) is 5. The van der Waals surface area contributed by atoms with Crippen molar-refractivity contribution in [3.63, 3.8) is 0 Å². The molecule has 2 aromatic carbocycles. The second kappa shape index (κ2) is 6.95. The van der Waals surface area contributed by atoms with Crippen LogP contribution in [0.25, 0.3) is 16.6 Å². The van der Waals surface area contributed by atoms with Gasteiger partial charge in [-0.15, -0.1) is 5.10 Å². The third-order valence-electron chi connectivity index (χ3n) is 4.59. The monoisotopic (exact) mass is 358 g/mol. The standard InChI is InChI=1S/C20H18N6O/c1-13-17-5-3-4-6-19(17)22-14(2)18(13)11-20(27)23-15-7-9-16(10-8-15)26-12-21-24-25-26/h3-10,12H,11H2,1-2H3,(H,23,27). The topological polar surface area (TPSA) is 85.6 Å². The maximum Gasteiger partial charge on any atom is 0.228 e. The highest BCUT2D eigenvalue weighted by Crippen LogP contribution is 2.23. The lowest BCUT2D eigenvalue weighted by Crippen LogP contribution is -2.16. The molecule has 1 amide bonds. The number of carbonyl (C=O) groups is 1. The first-order chi connectivity index (χ1) is 13.1. The molecule has 0 saturated carbocycles. The maximum absolute atomic E-state index is 12.6. The van der Waals surface area contributed by atoms with Crippen LogP contribution >= 0.6 is 0 Å². The average Bonchev–Trinajstić information content (AvgIpc) is 3.20. The molecule has 134 valence electrons. The van der Waals surface area contributed by atoms with E-state index in [-0.39, 0.29) is 12.3 Å². The number of fused-ring (bicyclic) bond motifs is 1. The van der Waals surface area contributed by atoms with Gasteiger partial charge in [0.1, 0.15) is 6.33 Å². The van der Waals surface area contributed by atoms with E-state index in [1.165, 1.54) is 6.33 Å². The average molecular weight is 358 g/mol. The molecular formula is C20H18N6O. The molecule has 1 N–H and O–H groups in total. The number of carbonyl (C=O) groups excluding carboxylic acids is 1. The van der Waals surface area contributed by atoms with E-state index in [4.69, 9.17) is 0 Å². The first-order valence-electron chi connectivity index (χ1n) is 8.60. The van der Waals surface area contributed by atoms with Gasteiger partial charge in [-0.1, -0.05) is 18.2 Å². The third kappa shape index (κ3) is 3.39. The molecule has 0 unspecified atom stereocenters. The predicted octanol–water partition coefficient (Wildman–Crippen LogP) is 3.01. The minimum absolute atomic E-state index is 0.0755. The SMILES string of the molecule is Cc1nc2ccccc2c(C)c1CC(=O)Nc1ccc(-n2cnnn2)cc1. The summed E-state index contributed by atoms with van der Waals surface area (Å²) in [6.45, 7) is 3.99. The Bertz CT molecular complexity index is 1100. The molecule has 27 heavy (non-hydrogen) atoms. The third-order valence-corrected chi connectivity index (χ3v) is 4.59. The van der Waals surface area contributed by atoms with Crippen LogP contribution in [0.5, 0.6) is 0 Å². The molecule has 0 fully saturated rings. The van der Waals surface area contributed by atoms with Crippen molar-refractivity contribution in [3.8, 4) is 5.69 Å². The van der Waals surface area contributed by atoms with Crippen LogP contribution in [-0.2, 0) is 11.2 Å². The molecule has 0 radical (unpaired) electrons. The van der Waals surface area contributed by atoms with Gasteiger partial charge in [0, 0.05) is 16.8 Å². The van der Waals surface area contributed by atoms with E-state index in [0.717, 1.165) is 39.1 Å². The molecule has 4 rings (SSSR count). The summed E-state index contributed by atoms with van der Waals surface area (Å²) >= 11 is 0. The van der Waals surface area contributed by atoms with Crippen LogP contribution in [0.1, 0.15) is 16.8 Å². The van der Waals surface area contributed by atoms with Crippen molar-refractivity contribution in [1.82, 2.24) is 25.2 Å². The second-order valence-electron chi connectivity index (χ2n) is 6.34. The van der Waals surface area contributed by atoms with Gasteiger partial charge < -0.3 is 5.32 Å². The summed E-state index contributed by atoms with van der Waals surface area (Å²) in [6, 6.07) is 15.3. The van der Waals surface area contributed by atoms with Crippen molar-refractivity contribution in [3.05, 3.63) is 71.7 Å². The Kier molecular flexibility index (Phi) is 4.33. The largest absolute Gasteiger partial charge is 0.326 e. The number of rotatable bonds is 4. The zero-order chi connectivity index (χ0) is 18.8. The van der Waals surface area contributed by atoms with Gasteiger partial charge in [-0.3, -0.25) is 9.78 Å². The van der Waals surface area contributed by atoms with Gasteiger partial charge in [0.05, 0.1) is 17.6 Å². The summed E-state index contributed by atoms with van der Waals surface area (Å²) in [6.07, 6.45) is 1.80. The molecule has 0 saturated heterocycles. The number of anilines is 1. The number of hydrogen-bond donors (Lipinski definition) is 1. The zero-order valence-corrected chi connectivity index (χ0v) is 15.0. The van der Waals surface area contributed by atoms with Crippen molar-refractivity contribution in [2.45, 2.75) is 20.3 Å².